The van der Waals surface area contributed by atoms with Crippen LogP contribution in [0.2, 0.25) is 15.7 Å². The maximum Gasteiger partial charge on any atom is 0.326 e. The Kier molecular flexibility index (Phi) is 11.0. The van der Waals surface area contributed by atoms with Gasteiger partial charge in [0.15, 0.2) is 0 Å². The largest absolute Gasteiger partial charge is 0.397 e. The Bertz CT molecular complexity index is 2350. The summed E-state index contributed by atoms with van der Waals surface area (Å²) in [6.07, 6.45) is 12.0. The van der Waals surface area contributed by atoms with Gasteiger partial charge in [-0.05, 0) is 47.5 Å². The fraction of sp³-hybridized carbons (Fsp3) is 0. The number of H-pyrrole nitrogens is 3. The van der Waals surface area contributed by atoms with Crippen LogP contribution >= 0.6 is 34.8 Å². The fourth-order valence-electron chi connectivity index (χ4n) is 3.52. The van der Waals surface area contributed by atoms with Gasteiger partial charge in [0.05, 0.1) is 63.4 Å². The van der Waals surface area contributed by atoms with Crippen molar-refractivity contribution in [2.24, 2.45) is 5.73 Å². The lowest BCUT2D eigenvalue weighted by Crippen LogP contribution is -2.21. The summed E-state index contributed by atoms with van der Waals surface area (Å²) in [5.74, 6) is -0.528. The van der Waals surface area contributed by atoms with E-state index < -0.39 is 17.2 Å². The Balaban J connectivity index is 0.000000140. The van der Waals surface area contributed by atoms with Gasteiger partial charge in [-0.1, -0.05) is 11.6 Å². The zero-order chi connectivity index (χ0) is 33.2. The molecule has 46 heavy (non-hydrogen) atoms. The van der Waals surface area contributed by atoms with Gasteiger partial charge in [0.2, 0.25) is 10.6 Å². The molecule has 1 amide bonds. The summed E-state index contributed by atoms with van der Waals surface area (Å²) in [7, 11) is 0. The molecule has 0 radical (unpaired) electrons. The molecule has 0 spiro atoms. The number of rotatable bonds is 1. The van der Waals surface area contributed by atoms with Crippen LogP contribution in [0.3, 0.4) is 0 Å². The highest BCUT2D eigenvalue weighted by Gasteiger charge is 2.04. The Labute approximate surface area is 270 Å². The maximum atomic E-state index is 11.2. The van der Waals surface area contributed by atoms with Gasteiger partial charge in [-0.3, -0.25) is 44.3 Å². The molecule has 7 rings (SSSR count). The minimum absolute atomic E-state index is 0.0838. The molecule has 0 aliphatic heterocycles. The second-order valence-corrected chi connectivity index (χ2v) is 9.64. The highest BCUT2D eigenvalue weighted by atomic mass is 35.5. The first-order valence-corrected chi connectivity index (χ1v) is 13.6. The lowest BCUT2D eigenvalue weighted by atomic mass is 10.2. The lowest BCUT2D eigenvalue weighted by Gasteiger charge is -1.97. The van der Waals surface area contributed by atoms with Gasteiger partial charge in [-0.2, -0.15) is 0 Å². The number of anilines is 1. The fourth-order valence-corrected chi connectivity index (χ4v) is 4.16. The van der Waals surface area contributed by atoms with E-state index in [1.165, 1.54) is 43.2 Å². The van der Waals surface area contributed by atoms with E-state index in [0.29, 0.717) is 43.7 Å². The van der Waals surface area contributed by atoms with Crippen LogP contribution in [0.5, 0.6) is 0 Å². The molecule has 0 saturated heterocycles. The topological polar surface area (TPSA) is 258 Å². The van der Waals surface area contributed by atoms with Gasteiger partial charge in [0.25, 0.3) is 17.0 Å². The van der Waals surface area contributed by atoms with Crippen molar-refractivity contribution in [1.29, 1.82) is 0 Å². The monoisotopic (exact) mass is 680 g/mol. The predicted octanol–water partition coefficient (Wildman–Crippen LogP) is 2.68. The molecule has 0 aliphatic rings. The Morgan fingerprint density at radius 2 is 1.22 bits per heavy atom. The number of fused-ring (bicyclic) bond motifs is 3. The van der Waals surface area contributed by atoms with Crippen molar-refractivity contribution < 1.29 is 4.79 Å². The third-order valence-electron chi connectivity index (χ3n) is 5.56. The standard InChI is InChI=1S/C7H3Cl2N3.C7H4ClN3O.C7H5N3O2.C6H7N3O/c8-6-4-1-2-10-3-5(4)11-7(9)12-6;8-7-10-5-3-9-2-1-4(5)6(12)11-7;11-6-4-1-2-8-3-5(4)9-7(12)10-6;7-5-3-9-2-1-4(5)6(8)10/h1-3H;1-3H,(H,10,11,12);1-3H,(H2,9,10,11,12);1-3H,7H2,(H2,8,10). The van der Waals surface area contributed by atoms with E-state index in [9.17, 15) is 19.2 Å². The number of nitrogens with one attached hydrogen (secondary N) is 3. The number of aromatic nitrogens is 10. The second kappa shape index (κ2) is 15.2. The number of aromatic amines is 3. The summed E-state index contributed by atoms with van der Waals surface area (Å²) in [6, 6.07) is 6.37. The highest BCUT2D eigenvalue weighted by Crippen LogP contribution is 2.20. The summed E-state index contributed by atoms with van der Waals surface area (Å²) in [5.41, 5.74) is 11.4. The number of nitrogen functional groups attached to an aromatic ring is 1. The van der Waals surface area contributed by atoms with E-state index in [4.69, 9.17) is 46.3 Å². The number of nitrogens with two attached hydrogens (primary N) is 2. The van der Waals surface area contributed by atoms with Gasteiger partial charge in [0, 0.05) is 30.2 Å². The summed E-state index contributed by atoms with van der Waals surface area (Å²) in [4.78, 5) is 77.3. The van der Waals surface area contributed by atoms with Crippen LogP contribution in [0.15, 0.2) is 88.2 Å². The number of amides is 1. The molecule has 232 valence electrons. The first-order chi connectivity index (χ1) is 22.0. The van der Waals surface area contributed by atoms with Crippen molar-refractivity contribution in [3.8, 4) is 0 Å². The normalized spacial score (nSPS) is 10.2. The molecular formula is C27H19Cl3N12O4. The summed E-state index contributed by atoms with van der Waals surface area (Å²) in [6.45, 7) is 0. The number of hydrogen-bond donors (Lipinski definition) is 5. The quantitative estimate of drug-likeness (QED) is 0.124. The van der Waals surface area contributed by atoms with Crippen LogP contribution in [0.4, 0.5) is 5.69 Å². The van der Waals surface area contributed by atoms with Crippen molar-refractivity contribution >= 4 is 79.1 Å². The Hall–Kier alpha value is -5.84. The molecule has 7 aromatic rings. The minimum Gasteiger partial charge on any atom is -0.397 e. The maximum absolute atomic E-state index is 11.2. The first kappa shape index (κ1) is 33.1. The summed E-state index contributed by atoms with van der Waals surface area (Å²) >= 11 is 16.9. The molecule has 0 saturated carbocycles. The van der Waals surface area contributed by atoms with E-state index in [0.717, 1.165) is 5.39 Å². The van der Waals surface area contributed by atoms with Gasteiger partial charge < -0.3 is 16.5 Å². The third kappa shape index (κ3) is 8.63. The van der Waals surface area contributed by atoms with Crippen LogP contribution in [0.1, 0.15) is 10.4 Å². The lowest BCUT2D eigenvalue weighted by molar-refractivity contribution is 0.100. The van der Waals surface area contributed by atoms with Gasteiger partial charge in [0.1, 0.15) is 5.15 Å². The average Bonchev–Trinajstić information content (AvgIpc) is 3.02. The molecule has 0 atom stereocenters. The number of halogens is 3. The van der Waals surface area contributed by atoms with Gasteiger partial charge in [-0.25, -0.2) is 19.7 Å². The molecule has 0 aromatic carbocycles. The summed E-state index contributed by atoms with van der Waals surface area (Å²) < 4.78 is 0. The molecule has 0 bridgehead atoms. The van der Waals surface area contributed by atoms with Crippen LogP contribution in [-0.2, 0) is 0 Å². The number of nitrogens with zero attached hydrogens (tertiary/aromatic N) is 7. The van der Waals surface area contributed by atoms with E-state index in [1.807, 2.05) is 0 Å². The van der Waals surface area contributed by atoms with Crippen LogP contribution in [-0.4, -0.2) is 55.7 Å². The molecule has 19 heteroatoms. The van der Waals surface area contributed by atoms with Crippen LogP contribution in [0, 0.1) is 0 Å². The number of hydrogen-bond acceptors (Lipinski definition) is 12. The number of carbonyl (C=O) groups is 1. The van der Waals surface area contributed by atoms with Gasteiger partial charge >= 0.3 is 5.69 Å². The third-order valence-corrected chi connectivity index (χ3v) is 6.20. The molecule has 16 nitrogen and oxygen atoms in total. The summed E-state index contributed by atoms with van der Waals surface area (Å²) in [5, 5.41) is 2.27. The predicted molar refractivity (Wildman–Crippen MR) is 173 cm³/mol. The smallest absolute Gasteiger partial charge is 0.326 e. The molecule has 0 fully saturated rings. The molecule has 0 aliphatic carbocycles. The molecule has 7 heterocycles. The van der Waals surface area contributed by atoms with Crippen molar-refractivity contribution in [2.45, 2.75) is 0 Å². The van der Waals surface area contributed by atoms with E-state index >= 15 is 0 Å². The SMILES string of the molecule is Clc1nc(Cl)c2ccncc2n1.NC(=O)c1ccncc1N.O=c1[nH]c(=O)c2ccncc2[nH]1.O=c1[nH]c(Cl)nc2cnccc12. The highest BCUT2D eigenvalue weighted by molar-refractivity contribution is 6.35. The van der Waals surface area contributed by atoms with Crippen LogP contribution < -0.4 is 28.3 Å². The van der Waals surface area contributed by atoms with Crippen molar-refractivity contribution in [1.82, 2.24) is 49.8 Å². The zero-order valence-electron chi connectivity index (χ0n) is 23.0. The molecule has 7 aromatic heterocycles. The van der Waals surface area contributed by atoms with Crippen molar-refractivity contribution in [3.05, 3.63) is 126 Å². The molecular weight excluding hydrogens is 663 g/mol. The number of carbonyl (C=O) groups excluding carboxylic acids is 1. The van der Waals surface area contributed by atoms with Crippen molar-refractivity contribution in [3.63, 3.8) is 0 Å². The Morgan fingerprint density at radius 3 is 1.87 bits per heavy atom. The first-order valence-electron chi connectivity index (χ1n) is 12.5. The van der Waals surface area contributed by atoms with E-state index in [1.54, 1.807) is 30.6 Å². The van der Waals surface area contributed by atoms with Gasteiger partial charge in [-0.15, -0.1) is 0 Å². The van der Waals surface area contributed by atoms with Crippen molar-refractivity contribution in [2.75, 3.05) is 5.73 Å². The molecule has 0 unspecified atom stereocenters. The number of pyridine rings is 4. The average molecular weight is 682 g/mol. The van der Waals surface area contributed by atoms with Crippen LogP contribution in [0.25, 0.3) is 32.7 Å². The Morgan fingerprint density at radius 1 is 0.652 bits per heavy atom. The minimum atomic E-state index is -0.528. The van der Waals surface area contributed by atoms with E-state index in [2.05, 4.69) is 49.8 Å². The second-order valence-electron chi connectivity index (χ2n) is 8.58. The van der Waals surface area contributed by atoms with E-state index in [-0.39, 0.29) is 16.1 Å². The number of primary amides is 1. The zero-order valence-corrected chi connectivity index (χ0v) is 25.2. The molecule has 7 N–H and O–H groups in total.